The van der Waals surface area contributed by atoms with Gasteiger partial charge in [-0.3, -0.25) is 9.10 Å². The molecule has 0 aliphatic heterocycles. The number of sulfone groups is 1. The minimum atomic E-state index is -4.10. The molecule has 11 heteroatoms. The quantitative estimate of drug-likeness (QED) is 0.512. The van der Waals surface area contributed by atoms with Crippen molar-refractivity contribution in [1.29, 1.82) is 5.26 Å². The number of rotatable bonds is 6. The van der Waals surface area contributed by atoms with E-state index in [-0.39, 0.29) is 32.3 Å². The summed E-state index contributed by atoms with van der Waals surface area (Å²) in [5.74, 6) is -1.42. The van der Waals surface area contributed by atoms with Gasteiger partial charge in [-0.1, -0.05) is 6.07 Å². The van der Waals surface area contributed by atoms with E-state index in [1.165, 1.54) is 74.8 Å². The molecule has 8 nitrogen and oxygen atoms in total. The van der Waals surface area contributed by atoms with Crippen molar-refractivity contribution in [3.05, 3.63) is 83.7 Å². The van der Waals surface area contributed by atoms with Crippen LogP contribution in [-0.2, 0) is 19.9 Å². The molecule has 34 heavy (non-hydrogen) atoms. The van der Waals surface area contributed by atoms with Crippen molar-refractivity contribution in [3.8, 4) is 6.07 Å². The van der Waals surface area contributed by atoms with Gasteiger partial charge in [0.05, 0.1) is 32.8 Å². The maximum absolute atomic E-state index is 14.3. The van der Waals surface area contributed by atoms with Crippen LogP contribution >= 0.6 is 0 Å². The predicted molar refractivity (Wildman–Crippen MR) is 125 cm³/mol. The monoisotopic (exact) mass is 501 g/mol. The normalized spacial score (nSPS) is 11.5. The average molecular weight is 502 g/mol. The Morgan fingerprint density at radius 3 is 2.12 bits per heavy atom. The number of nitriles is 1. The smallest absolute Gasteiger partial charge is 0.264 e. The second-order valence-electron chi connectivity index (χ2n) is 7.41. The lowest BCUT2D eigenvalue weighted by molar-refractivity contribution is 0.0992. The van der Waals surface area contributed by atoms with Crippen LogP contribution in [-0.4, -0.2) is 43.1 Å². The summed E-state index contributed by atoms with van der Waals surface area (Å²) in [6, 6.07) is 16.1. The van der Waals surface area contributed by atoms with Crippen LogP contribution < -0.4 is 9.21 Å². The Kier molecular flexibility index (Phi) is 6.77. The van der Waals surface area contributed by atoms with Gasteiger partial charge in [0, 0.05) is 25.9 Å². The molecule has 0 aliphatic carbocycles. The number of hydrogen-bond acceptors (Lipinski definition) is 6. The van der Waals surface area contributed by atoms with Gasteiger partial charge in [0.25, 0.3) is 15.9 Å². The Bertz CT molecular complexity index is 1510. The van der Waals surface area contributed by atoms with Gasteiger partial charge in [-0.25, -0.2) is 21.2 Å². The lowest BCUT2D eigenvalue weighted by atomic mass is 10.1. The van der Waals surface area contributed by atoms with Gasteiger partial charge in [0.1, 0.15) is 5.82 Å². The molecule has 0 atom stereocenters. The van der Waals surface area contributed by atoms with Crippen molar-refractivity contribution in [2.75, 3.05) is 29.6 Å². The number of benzene rings is 3. The van der Waals surface area contributed by atoms with Crippen LogP contribution in [0.15, 0.2) is 76.5 Å². The summed E-state index contributed by atoms with van der Waals surface area (Å²) in [6.45, 7) is 0. The van der Waals surface area contributed by atoms with E-state index in [4.69, 9.17) is 5.26 Å². The highest BCUT2D eigenvalue weighted by molar-refractivity contribution is 7.92. The number of halogens is 1. The van der Waals surface area contributed by atoms with Crippen molar-refractivity contribution in [3.63, 3.8) is 0 Å². The first kappa shape index (κ1) is 24.9. The highest BCUT2D eigenvalue weighted by atomic mass is 32.2. The lowest BCUT2D eigenvalue weighted by Crippen LogP contribution is -2.29. The fourth-order valence-electron chi connectivity index (χ4n) is 3.14. The molecule has 1 amide bonds. The van der Waals surface area contributed by atoms with Gasteiger partial charge < -0.3 is 4.90 Å². The molecule has 0 spiro atoms. The third kappa shape index (κ3) is 4.93. The van der Waals surface area contributed by atoms with Crippen molar-refractivity contribution < 1.29 is 26.0 Å². The Morgan fingerprint density at radius 2 is 1.56 bits per heavy atom. The summed E-state index contributed by atoms with van der Waals surface area (Å²) in [5, 5.41) is 8.88. The fourth-order valence-corrected chi connectivity index (χ4v) is 5.01. The van der Waals surface area contributed by atoms with Crippen LogP contribution in [0.2, 0.25) is 0 Å². The molecule has 0 saturated heterocycles. The van der Waals surface area contributed by atoms with Gasteiger partial charge in [0.15, 0.2) is 9.84 Å². The number of amides is 1. The van der Waals surface area contributed by atoms with E-state index < -0.39 is 31.6 Å². The minimum Gasteiger partial charge on any atom is -0.309 e. The van der Waals surface area contributed by atoms with Gasteiger partial charge in [-0.2, -0.15) is 5.26 Å². The standard InChI is InChI=1S/C23H20FN3O5S2/c1-26(22-12-7-16(15-25)13-21(22)24)23(28)17-5-4-6-20(14-17)34(31,32)27(2)18-8-10-19(11-9-18)33(3,29)30/h4-14H,1-3H3. The third-order valence-electron chi connectivity index (χ3n) is 5.11. The topological polar surface area (TPSA) is 116 Å². The zero-order valence-corrected chi connectivity index (χ0v) is 20.1. The highest BCUT2D eigenvalue weighted by Gasteiger charge is 2.24. The molecule has 0 bridgehead atoms. The number of hydrogen-bond donors (Lipinski definition) is 0. The first-order valence-electron chi connectivity index (χ1n) is 9.73. The van der Waals surface area contributed by atoms with E-state index in [0.717, 1.165) is 21.5 Å². The summed E-state index contributed by atoms with van der Waals surface area (Å²) in [4.78, 5) is 13.8. The van der Waals surface area contributed by atoms with Gasteiger partial charge in [-0.15, -0.1) is 0 Å². The number of carbonyl (C=O) groups is 1. The Labute approximate surface area is 197 Å². The first-order valence-corrected chi connectivity index (χ1v) is 13.1. The molecule has 3 aromatic carbocycles. The van der Waals surface area contributed by atoms with E-state index >= 15 is 0 Å². The summed E-state index contributed by atoms with van der Waals surface area (Å²) in [7, 11) is -4.90. The van der Waals surface area contributed by atoms with E-state index in [0.29, 0.717) is 0 Å². The second kappa shape index (κ2) is 9.24. The SMILES string of the molecule is CN(C(=O)c1cccc(S(=O)(=O)N(C)c2ccc(S(C)(=O)=O)cc2)c1)c1ccc(C#N)cc1F. The number of carbonyl (C=O) groups excluding carboxylic acids is 1. The Balaban J connectivity index is 1.92. The Hall–Kier alpha value is -3.75. The molecule has 0 heterocycles. The average Bonchev–Trinajstić information content (AvgIpc) is 2.82. The van der Waals surface area contributed by atoms with Crippen molar-refractivity contribution >= 4 is 37.1 Å². The van der Waals surface area contributed by atoms with Crippen molar-refractivity contribution in [2.24, 2.45) is 0 Å². The number of sulfonamides is 1. The fraction of sp³-hybridized carbons (Fsp3) is 0.130. The molecular formula is C23H20FN3O5S2. The van der Waals surface area contributed by atoms with Crippen LogP contribution in [0, 0.1) is 17.1 Å². The third-order valence-corrected chi connectivity index (χ3v) is 8.02. The van der Waals surface area contributed by atoms with E-state index in [1.54, 1.807) is 0 Å². The summed E-state index contributed by atoms with van der Waals surface area (Å²) in [6.07, 6.45) is 1.05. The molecule has 0 aromatic heterocycles. The second-order valence-corrected chi connectivity index (χ2v) is 11.4. The van der Waals surface area contributed by atoms with E-state index in [2.05, 4.69) is 0 Å². The molecule has 176 valence electrons. The summed E-state index contributed by atoms with van der Waals surface area (Å²) < 4.78 is 64.9. The number of anilines is 2. The molecule has 0 saturated carbocycles. The van der Waals surface area contributed by atoms with Crippen LogP contribution in [0.4, 0.5) is 15.8 Å². The lowest BCUT2D eigenvalue weighted by Gasteiger charge is -2.21. The highest BCUT2D eigenvalue weighted by Crippen LogP contribution is 2.26. The Morgan fingerprint density at radius 1 is 0.912 bits per heavy atom. The van der Waals surface area contributed by atoms with Crippen molar-refractivity contribution in [1.82, 2.24) is 0 Å². The first-order chi connectivity index (χ1) is 15.9. The molecule has 3 aromatic rings. The maximum atomic E-state index is 14.3. The summed E-state index contributed by atoms with van der Waals surface area (Å²) >= 11 is 0. The molecule has 0 N–H and O–H groups in total. The van der Waals surface area contributed by atoms with Crippen LogP contribution in [0.3, 0.4) is 0 Å². The van der Waals surface area contributed by atoms with Crippen molar-refractivity contribution in [2.45, 2.75) is 9.79 Å². The molecule has 0 aliphatic rings. The van der Waals surface area contributed by atoms with Crippen LogP contribution in [0.1, 0.15) is 15.9 Å². The summed E-state index contributed by atoms with van der Waals surface area (Å²) in [5.41, 5.74) is 0.261. The number of nitrogens with zero attached hydrogens (tertiary/aromatic N) is 3. The van der Waals surface area contributed by atoms with Crippen LogP contribution in [0.25, 0.3) is 0 Å². The maximum Gasteiger partial charge on any atom is 0.264 e. The van der Waals surface area contributed by atoms with Crippen LogP contribution in [0.5, 0.6) is 0 Å². The van der Waals surface area contributed by atoms with E-state index in [1.807, 2.05) is 6.07 Å². The zero-order chi connectivity index (χ0) is 25.3. The molecule has 0 radical (unpaired) electrons. The molecule has 3 rings (SSSR count). The molecule has 0 fully saturated rings. The molecular weight excluding hydrogens is 481 g/mol. The van der Waals surface area contributed by atoms with Gasteiger partial charge in [0.2, 0.25) is 0 Å². The zero-order valence-electron chi connectivity index (χ0n) is 18.4. The van der Waals surface area contributed by atoms with E-state index in [9.17, 15) is 26.0 Å². The largest absolute Gasteiger partial charge is 0.309 e. The minimum absolute atomic E-state index is 0.00755. The van der Waals surface area contributed by atoms with Gasteiger partial charge >= 0.3 is 0 Å². The molecule has 0 unspecified atom stereocenters. The van der Waals surface area contributed by atoms with Gasteiger partial charge in [-0.05, 0) is 60.7 Å². The predicted octanol–water partition coefficient (Wildman–Crippen LogP) is 3.20.